The summed E-state index contributed by atoms with van der Waals surface area (Å²) in [5, 5.41) is 3.13. The van der Waals surface area contributed by atoms with Crippen LogP contribution in [0.2, 0.25) is 0 Å². The fourth-order valence-corrected chi connectivity index (χ4v) is 6.77. The number of para-hydroxylation sites is 2. The van der Waals surface area contributed by atoms with Crippen molar-refractivity contribution in [2.75, 3.05) is 18.0 Å². The van der Waals surface area contributed by atoms with E-state index in [4.69, 9.17) is 4.74 Å². The molecule has 0 unspecified atom stereocenters. The first-order valence-electron chi connectivity index (χ1n) is 14.5. The molecule has 0 aromatic heterocycles. The number of aryl methyl sites for hydroxylation is 2. The van der Waals surface area contributed by atoms with Crippen molar-refractivity contribution in [3.63, 3.8) is 0 Å². The van der Waals surface area contributed by atoms with E-state index in [1.54, 1.807) is 43.3 Å². The zero-order chi connectivity index (χ0) is 30.3. The molecule has 0 aliphatic heterocycles. The molecule has 9 heteroatoms. The molecule has 0 saturated heterocycles. The summed E-state index contributed by atoms with van der Waals surface area (Å²) in [4.78, 5) is 29.2. The topological polar surface area (TPSA) is 96.0 Å². The Labute approximate surface area is 249 Å². The number of hydrogen-bond acceptors (Lipinski definition) is 5. The van der Waals surface area contributed by atoms with Gasteiger partial charge < -0.3 is 15.0 Å². The van der Waals surface area contributed by atoms with Gasteiger partial charge >= 0.3 is 0 Å². The number of nitrogens with one attached hydrogen (secondary N) is 1. The Morgan fingerprint density at radius 1 is 0.929 bits per heavy atom. The van der Waals surface area contributed by atoms with E-state index in [1.807, 2.05) is 38.1 Å². The molecular weight excluding hydrogens is 550 g/mol. The number of amides is 2. The molecule has 3 aromatic rings. The third kappa shape index (κ3) is 7.50. The molecule has 1 aliphatic carbocycles. The van der Waals surface area contributed by atoms with Crippen molar-refractivity contribution in [3.8, 4) is 5.75 Å². The monoisotopic (exact) mass is 591 g/mol. The van der Waals surface area contributed by atoms with Gasteiger partial charge in [-0.15, -0.1) is 0 Å². The lowest BCUT2D eigenvalue weighted by atomic mass is 9.95. The van der Waals surface area contributed by atoms with Crippen LogP contribution in [0.25, 0.3) is 0 Å². The van der Waals surface area contributed by atoms with Gasteiger partial charge in [-0.1, -0.05) is 78.9 Å². The Morgan fingerprint density at radius 2 is 1.62 bits per heavy atom. The fourth-order valence-electron chi connectivity index (χ4n) is 5.35. The third-order valence-corrected chi connectivity index (χ3v) is 9.57. The second kappa shape index (κ2) is 13.9. The van der Waals surface area contributed by atoms with E-state index in [2.05, 4.69) is 5.32 Å². The van der Waals surface area contributed by atoms with Crippen LogP contribution in [-0.2, 0) is 26.2 Å². The number of methoxy groups -OCH3 is 1. The molecule has 1 fully saturated rings. The van der Waals surface area contributed by atoms with Gasteiger partial charge in [0.1, 0.15) is 18.3 Å². The number of ether oxygens (including phenoxy) is 1. The lowest BCUT2D eigenvalue weighted by Gasteiger charge is -2.33. The van der Waals surface area contributed by atoms with Crippen molar-refractivity contribution in [1.82, 2.24) is 10.2 Å². The molecule has 3 aromatic carbocycles. The van der Waals surface area contributed by atoms with Crippen molar-refractivity contribution in [1.29, 1.82) is 0 Å². The van der Waals surface area contributed by atoms with E-state index in [-0.39, 0.29) is 29.1 Å². The molecule has 0 spiro atoms. The van der Waals surface area contributed by atoms with Crippen molar-refractivity contribution < 1.29 is 22.7 Å². The number of carbonyl (C=O) groups excluding carboxylic acids is 2. The second-order valence-corrected chi connectivity index (χ2v) is 12.9. The molecule has 42 heavy (non-hydrogen) atoms. The SMILES string of the molecule is COc1ccccc1N(CC(=O)N(Cc1cccc(C)c1)[C@H](C)C(=O)NC1CCCCC1)S(=O)(=O)c1ccc(C)cc1. The highest BCUT2D eigenvalue weighted by Gasteiger charge is 2.34. The lowest BCUT2D eigenvalue weighted by Crippen LogP contribution is -2.53. The van der Waals surface area contributed by atoms with Gasteiger partial charge in [-0.3, -0.25) is 13.9 Å². The van der Waals surface area contributed by atoms with E-state index >= 15 is 0 Å². The summed E-state index contributed by atoms with van der Waals surface area (Å²) < 4.78 is 34.7. The van der Waals surface area contributed by atoms with Crippen LogP contribution in [0.3, 0.4) is 0 Å². The van der Waals surface area contributed by atoms with E-state index in [1.165, 1.54) is 24.1 Å². The summed E-state index contributed by atoms with van der Waals surface area (Å²) in [6, 6.07) is 20.2. The predicted octanol–water partition coefficient (Wildman–Crippen LogP) is 5.37. The molecular formula is C33H41N3O5S. The minimum absolute atomic E-state index is 0.0557. The van der Waals surface area contributed by atoms with Crippen LogP contribution in [0.5, 0.6) is 5.75 Å². The molecule has 0 radical (unpaired) electrons. The number of anilines is 1. The maximum atomic E-state index is 14.2. The quantitative estimate of drug-likeness (QED) is 0.323. The Morgan fingerprint density at radius 3 is 2.29 bits per heavy atom. The fraction of sp³-hybridized carbons (Fsp3) is 0.394. The molecule has 8 nitrogen and oxygen atoms in total. The minimum atomic E-state index is -4.17. The summed E-state index contributed by atoms with van der Waals surface area (Å²) >= 11 is 0. The highest BCUT2D eigenvalue weighted by Crippen LogP contribution is 2.32. The van der Waals surface area contributed by atoms with Crippen LogP contribution in [0.1, 0.15) is 55.7 Å². The molecule has 1 N–H and O–H groups in total. The second-order valence-electron chi connectivity index (χ2n) is 11.0. The first-order chi connectivity index (χ1) is 20.1. The summed E-state index contributed by atoms with van der Waals surface area (Å²) in [5.74, 6) is -0.424. The van der Waals surface area contributed by atoms with Gasteiger partial charge in [0.2, 0.25) is 11.8 Å². The van der Waals surface area contributed by atoms with Crippen LogP contribution in [-0.4, -0.2) is 50.9 Å². The van der Waals surface area contributed by atoms with Gasteiger partial charge in [0.25, 0.3) is 10.0 Å². The number of sulfonamides is 1. The Hall–Kier alpha value is -3.85. The van der Waals surface area contributed by atoms with Gasteiger partial charge in [0.15, 0.2) is 0 Å². The van der Waals surface area contributed by atoms with Crippen LogP contribution in [0, 0.1) is 13.8 Å². The van der Waals surface area contributed by atoms with Crippen LogP contribution in [0.4, 0.5) is 5.69 Å². The van der Waals surface area contributed by atoms with Crippen LogP contribution in [0.15, 0.2) is 77.7 Å². The van der Waals surface area contributed by atoms with Crippen molar-refractivity contribution in [2.24, 2.45) is 0 Å². The molecule has 1 saturated carbocycles. The smallest absolute Gasteiger partial charge is 0.264 e. The largest absolute Gasteiger partial charge is 0.495 e. The standard InChI is InChI=1S/C33H41N3O5S/c1-24-17-19-29(20-18-24)42(39,40)36(30-15-8-9-16-31(30)41-4)23-32(37)35(22-27-12-10-11-25(2)21-27)26(3)33(38)34-28-13-6-5-7-14-28/h8-12,15-21,26,28H,5-7,13-14,22-23H2,1-4H3,(H,34,38)/t26-/m1/s1. The zero-order valence-electron chi connectivity index (χ0n) is 24.9. The van der Waals surface area contributed by atoms with Gasteiger partial charge in [0, 0.05) is 12.6 Å². The molecule has 4 rings (SSSR count). The molecule has 0 heterocycles. The Bertz CT molecular complexity index is 1480. The summed E-state index contributed by atoms with van der Waals surface area (Å²) in [7, 11) is -2.72. The van der Waals surface area contributed by atoms with Crippen molar-refractivity contribution >= 4 is 27.5 Å². The van der Waals surface area contributed by atoms with Gasteiger partial charge in [-0.25, -0.2) is 8.42 Å². The number of hydrogen-bond donors (Lipinski definition) is 1. The van der Waals surface area contributed by atoms with Gasteiger partial charge in [0.05, 0.1) is 17.7 Å². The number of benzene rings is 3. The molecule has 224 valence electrons. The lowest BCUT2D eigenvalue weighted by molar-refractivity contribution is -0.139. The Balaban J connectivity index is 1.70. The highest BCUT2D eigenvalue weighted by atomic mass is 32.2. The Kier molecular flexibility index (Phi) is 10.3. The first kappa shape index (κ1) is 31.1. The molecule has 2 amide bonds. The predicted molar refractivity (Wildman–Crippen MR) is 165 cm³/mol. The number of carbonyl (C=O) groups is 2. The summed E-state index contributed by atoms with van der Waals surface area (Å²) in [6.07, 6.45) is 5.13. The van der Waals surface area contributed by atoms with E-state index in [9.17, 15) is 18.0 Å². The zero-order valence-corrected chi connectivity index (χ0v) is 25.7. The summed E-state index contributed by atoms with van der Waals surface area (Å²) in [6.45, 7) is 5.19. The van der Waals surface area contributed by atoms with Crippen molar-refractivity contribution in [2.45, 2.75) is 76.4 Å². The minimum Gasteiger partial charge on any atom is -0.495 e. The third-order valence-electron chi connectivity index (χ3n) is 7.80. The average Bonchev–Trinajstić information content (AvgIpc) is 2.99. The van der Waals surface area contributed by atoms with E-state index in [0.29, 0.717) is 5.75 Å². The highest BCUT2D eigenvalue weighted by molar-refractivity contribution is 7.92. The van der Waals surface area contributed by atoms with Gasteiger partial charge in [-0.05, 0) is 63.4 Å². The first-order valence-corrected chi connectivity index (χ1v) is 15.9. The average molecular weight is 592 g/mol. The van der Waals surface area contributed by atoms with Crippen LogP contribution >= 0.6 is 0 Å². The van der Waals surface area contributed by atoms with Gasteiger partial charge in [-0.2, -0.15) is 0 Å². The maximum Gasteiger partial charge on any atom is 0.264 e. The maximum absolute atomic E-state index is 14.2. The normalized spacial score (nSPS) is 14.6. The molecule has 1 aliphatic rings. The van der Waals surface area contributed by atoms with Crippen LogP contribution < -0.4 is 14.4 Å². The van der Waals surface area contributed by atoms with E-state index < -0.39 is 28.5 Å². The van der Waals surface area contributed by atoms with E-state index in [0.717, 1.165) is 53.1 Å². The van der Waals surface area contributed by atoms with Crippen molar-refractivity contribution in [3.05, 3.63) is 89.5 Å². The number of nitrogens with zero attached hydrogens (tertiary/aromatic N) is 2. The molecule has 0 bridgehead atoms. The summed E-state index contributed by atoms with van der Waals surface area (Å²) in [5.41, 5.74) is 3.03. The molecule has 1 atom stereocenters. The number of rotatable bonds is 11.